The lowest BCUT2D eigenvalue weighted by molar-refractivity contribution is -0.159. The highest BCUT2D eigenvalue weighted by atomic mass is 19.4. The van der Waals surface area contributed by atoms with Crippen LogP contribution in [0, 0.1) is 0 Å². The quantitative estimate of drug-likeness (QED) is 0.775. The van der Waals surface area contributed by atoms with Gasteiger partial charge in [-0.3, -0.25) is 5.32 Å². The molecule has 1 heterocycles. The van der Waals surface area contributed by atoms with Crippen LogP contribution in [0.2, 0.25) is 0 Å². The van der Waals surface area contributed by atoms with E-state index >= 15 is 0 Å². The Bertz CT molecular complexity index is 296. The van der Waals surface area contributed by atoms with Crippen molar-refractivity contribution in [2.75, 3.05) is 11.9 Å². The molecular formula is C6H6F3N3O2. The number of alkyl halides is 3. The number of rotatable bonds is 2. The highest BCUT2D eigenvalue weighted by molar-refractivity contribution is 5.82. The maximum atomic E-state index is 11.6. The van der Waals surface area contributed by atoms with Gasteiger partial charge in [-0.1, -0.05) is 0 Å². The van der Waals surface area contributed by atoms with Gasteiger partial charge in [0.15, 0.2) is 6.61 Å². The number of imidazole rings is 1. The molecule has 8 heteroatoms. The van der Waals surface area contributed by atoms with Crippen molar-refractivity contribution in [3.63, 3.8) is 0 Å². The molecule has 1 aromatic heterocycles. The molecule has 0 aromatic carbocycles. The maximum Gasteiger partial charge on any atom is 0.422 e. The Hall–Kier alpha value is -1.73. The van der Waals surface area contributed by atoms with Gasteiger partial charge in [0.05, 0.1) is 0 Å². The van der Waals surface area contributed by atoms with E-state index in [0.29, 0.717) is 0 Å². The van der Waals surface area contributed by atoms with Gasteiger partial charge in [0.2, 0.25) is 5.95 Å². The summed E-state index contributed by atoms with van der Waals surface area (Å²) in [5, 5.41) is 1.97. The van der Waals surface area contributed by atoms with Gasteiger partial charge in [-0.15, -0.1) is 0 Å². The lowest BCUT2D eigenvalue weighted by Gasteiger charge is -2.07. The smallest absolute Gasteiger partial charge is 0.422 e. The van der Waals surface area contributed by atoms with Gasteiger partial charge in [-0.25, -0.2) is 9.78 Å². The van der Waals surface area contributed by atoms with Gasteiger partial charge in [-0.05, 0) is 0 Å². The molecule has 2 N–H and O–H groups in total. The van der Waals surface area contributed by atoms with Crippen LogP contribution in [0.4, 0.5) is 23.9 Å². The number of aromatic amines is 1. The Morgan fingerprint density at radius 3 is 2.86 bits per heavy atom. The lowest BCUT2D eigenvalue weighted by Crippen LogP contribution is -2.23. The van der Waals surface area contributed by atoms with Crippen LogP contribution in [0.15, 0.2) is 12.4 Å². The second kappa shape index (κ2) is 3.99. The van der Waals surface area contributed by atoms with Crippen molar-refractivity contribution in [2.45, 2.75) is 6.18 Å². The van der Waals surface area contributed by atoms with Gasteiger partial charge in [0.25, 0.3) is 0 Å². The van der Waals surface area contributed by atoms with Gasteiger partial charge < -0.3 is 9.72 Å². The molecule has 0 saturated carbocycles. The van der Waals surface area contributed by atoms with E-state index in [9.17, 15) is 18.0 Å². The fourth-order valence-electron chi connectivity index (χ4n) is 0.614. The minimum absolute atomic E-state index is 0.0252. The first kappa shape index (κ1) is 10.4. The fraction of sp³-hybridized carbons (Fsp3) is 0.333. The summed E-state index contributed by atoms with van der Waals surface area (Å²) in [6, 6.07) is 0. The monoisotopic (exact) mass is 209 g/mol. The molecule has 0 saturated heterocycles. The van der Waals surface area contributed by atoms with E-state index < -0.39 is 18.9 Å². The first-order valence-corrected chi connectivity index (χ1v) is 3.47. The average Bonchev–Trinajstić information content (AvgIpc) is 2.52. The van der Waals surface area contributed by atoms with Crippen LogP contribution >= 0.6 is 0 Å². The molecule has 0 atom stereocenters. The van der Waals surface area contributed by atoms with Crippen LogP contribution in [-0.4, -0.2) is 28.8 Å². The van der Waals surface area contributed by atoms with Crippen molar-refractivity contribution in [1.82, 2.24) is 9.97 Å². The molecule has 1 rings (SSSR count). The zero-order valence-electron chi connectivity index (χ0n) is 6.76. The van der Waals surface area contributed by atoms with Crippen LogP contribution in [0.3, 0.4) is 0 Å². The Labute approximate surface area is 76.3 Å². The molecule has 0 aliphatic carbocycles. The van der Waals surface area contributed by atoms with Crippen molar-refractivity contribution in [1.29, 1.82) is 0 Å². The molecule has 1 aromatic rings. The standard InChI is InChI=1S/C6H6F3N3O2/c7-6(8,9)3-14-5(13)12-4-10-1-2-11-4/h1-2H,3H2,(H2,10,11,12,13). The number of ether oxygens (including phenoxy) is 1. The number of nitrogens with zero attached hydrogens (tertiary/aromatic N) is 1. The lowest BCUT2D eigenvalue weighted by atomic mass is 10.7. The molecule has 0 fully saturated rings. The third kappa shape index (κ3) is 3.78. The van der Waals surface area contributed by atoms with E-state index in [2.05, 4.69) is 14.7 Å². The number of carbonyl (C=O) groups is 1. The zero-order chi connectivity index (χ0) is 10.6. The molecule has 14 heavy (non-hydrogen) atoms. The largest absolute Gasteiger partial charge is 0.440 e. The van der Waals surface area contributed by atoms with Crippen LogP contribution in [0.5, 0.6) is 0 Å². The molecule has 0 aliphatic heterocycles. The van der Waals surface area contributed by atoms with Crippen molar-refractivity contribution in [2.24, 2.45) is 0 Å². The molecule has 0 radical (unpaired) electrons. The van der Waals surface area contributed by atoms with E-state index in [1.807, 2.05) is 5.32 Å². The number of halogens is 3. The topological polar surface area (TPSA) is 67.0 Å². The molecule has 0 unspecified atom stereocenters. The molecule has 0 spiro atoms. The summed E-state index contributed by atoms with van der Waals surface area (Å²) in [7, 11) is 0. The third-order valence-corrected chi connectivity index (χ3v) is 1.09. The highest BCUT2D eigenvalue weighted by Gasteiger charge is 2.29. The summed E-state index contributed by atoms with van der Waals surface area (Å²) >= 11 is 0. The van der Waals surface area contributed by atoms with E-state index in [0.717, 1.165) is 0 Å². The minimum Gasteiger partial charge on any atom is -0.440 e. The summed E-state index contributed by atoms with van der Waals surface area (Å²) in [5.74, 6) is 0.0252. The Balaban J connectivity index is 2.30. The predicted octanol–water partition coefficient (Wildman–Crippen LogP) is 1.52. The Morgan fingerprint density at radius 1 is 1.64 bits per heavy atom. The van der Waals surface area contributed by atoms with E-state index in [4.69, 9.17) is 0 Å². The number of aromatic nitrogens is 2. The predicted molar refractivity (Wildman–Crippen MR) is 39.6 cm³/mol. The summed E-state index contributed by atoms with van der Waals surface area (Å²) in [4.78, 5) is 16.7. The first-order valence-electron chi connectivity index (χ1n) is 3.47. The molecule has 1 amide bonds. The Kier molecular flexibility index (Phi) is 2.95. The zero-order valence-corrected chi connectivity index (χ0v) is 6.76. The third-order valence-electron chi connectivity index (χ3n) is 1.09. The van der Waals surface area contributed by atoms with Gasteiger partial charge in [-0.2, -0.15) is 13.2 Å². The minimum atomic E-state index is -4.53. The van der Waals surface area contributed by atoms with Gasteiger partial charge in [0.1, 0.15) is 0 Å². The molecule has 0 aliphatic rings. The number of H-pyrrole nitrogens is 1. The normalized spacial score (nSPS) is 11.1. The van der Waals surface area contributed by atoms with Crippen molar-refractivity contribution in [3.05, 3.63) is 12.4 Å². The molecule has 78 valence electrons. The summed E-state index contributed by atoms with van der Waals surface area (Å²) in [6.07, 6.45) is -3.00. The maximum absolute atomic E-state index is 11.6. The summed E-state index contributed by atoms with van der Waals surface area (Å²) in [5.41, 5.74) is 0. The number of anilines is 1. The van der Waals surface area contributed by atoms with E-state index in [1.54, 1.807) is 0 Å². The summed E-state index contributed by atoms with van der Waals surface area (Å²) < 4.78 is 38.5. The molecular weight excluding hydrogens is 203 g/mol. The fourth-order valence-corrected chi connectivity index (χ4v) is 0.614. The first-order chi connectivity index (χ1) is 6.47. The van der Waals surface area contributed by atoms with Crippen LogP contribution in [-0.2, 0) is 4.74 Å². The van der Waals surface area contributed by atoms with Crippen LogP contribution in [0.1, 0.15) is 0 Å². The SMILES string of the molecule is O=C(Nc1ncc[nH]1)OCC(F)(F)F. The number of amides is 1. The summed E-state index contributed by atoms with van der Waals surface area (Å²) in [6.45, 7) is -1.63. The second-order valence-electron chi connectivity index (χ2n) is 2.25. The molecule has 5 nitrogen and oxygen atoms in total. The number of carbonyl (C=O) groups excluding carboxylic acids is 1. The van der Waals surface area contributed by atoms with Crippen molar-refractivity contribution < 1.29 is 22.7 Å². The highest BCUT2D eigenvalue weighted by Crippen LogP contribution is 2.14. The average molecular weight is 209 g/mol. The van der Waals surface area contributed by atoms with E-state index in [-0.39, 0.29) is 5.95 Å². The van der Waals surface area contributed by atoms with Gasteiger partial charge in [0, 0.05) is 12.4 Å². The van der Waals surface area contributed by atoms with Crippen molar-refractivity contribution in [3.8, 4) is 0 Å². The van der Waals surface area contributed by atoms with Crippen LogP contribution < -0.4 is 5.32 Å². The van der Waals surface area contributed by atoms with Gasteiger partial charge >= 0.3 is 12.3 Å². The Morgan fingerprint density at radius 2 is 2.36 bits per heavy atom. The number of nitrogens with one attached hydrogen (secondary N) is 2. The number of hydrogen-bond donors (Lipinski definition) is 2. The van der Waals surface area contributed by atoms with Crippen LogP contribution in [0.25, 0.3) is 0 Å². The number of hydrogen-bond acceptors (Lipinski definition) is 3. The van der Waals surface area contributed by atoms with Crippen molar-refractivity contribution >= 4 is 12.0 Å². The molecule has 0 bridgehead atoms. The second-order valence-corrected chi connectivity index (χ2v) is 2.25. The van der Waals surface area contributed by atoms with E-state index in [1.165, 1.54) is 12.4 Å².